The van der Waals surface area contributed by atoms with Gasteiger partial charge >= 0.3 is 113 Å². The molecule has 71 heteroatoms. The van der Waals surface area contributed by atoms with Gasteiger partial charge < -0.3 is 250 Å². The van der Waals surface area contributed by atoms with E-state index < -0.39 is 439 Å². The quantitative estimate of drug-likeness (QED) is 0.00325. The first kappa shape index (κ1) is 119. The second-order valence-corrected chi connectivity index (χ2v) is 30.4. The Labute approximate surface area is 807 Å². The molecule has 0 fully saturated rings. The topological polar surface area (TPSA) is 1290 Å². The zero-order valence-electron chi connectivity index (χ0n) is 70.4. The van der Waals surface area contributed by atoms with Crippen LogP contribution in [0.5, 0.6) is 63.2 Å². The van der Waals surface area contributed by atoms with Crippen molar-refractivity contribution >= 4 is 167 Å². The number of nitrogen functional groups attached to an aromatic ring is 2. The third kappa shape index (κ3) is 23.0. The summed E-state index contributed by atoms with van der Waals surface area (Å²) in [6.45, 7) is 0. The summed E-state index contributed by atoms with van der Waals surface area (Å²) in [5.74, 6) is -81.2. The van der Waals surface area contributed by atoms with Crippen LogP contribution in [-0.2, 0) is 97.3 Å². The molecule has 796 valence electrons. The standard InChI is InChI=1S/C38H35NO32S.C14H18O14.C13H9NO12.C10H10O9S/c39-13-2(26-6(16(43)12(31(57)58)37(67)69-26)7(18(13)45)35(65)71-38(68)34(63)64)1-3(40)4(19(46)24(51)25(52)32(59)60)5-14(41)9(29(53)54)17(44)10(15(5)42)36(66)70-27(33(61)62)22(49)8-20(47)21(48)11(30(55)56)28(72)23(8)50;15-5-1(2(11(21)22)8(18)9(19)10(20)14(27)28)6(16)4(13(25)26)7(17)3(5)12(23)24;14-4-6(16)2(11(22)26-13(24)10(20)21)1-5(15)3(9(18)19)12(23)25-8(1)7(4)17;11-3-1(4(12)7(15)10(18)19)6(14)8(20)2(5(3)13)9(16)17/h4-5,9,14-15,19,22,24-25,27,37,41-52,67,72H,1,39H2,(H,53,54)(H,55,56)(H,57,58)(H,59,60)(H,61,62)(H,63,64);1-3,5-6,8-10,15-20H,(H,21,22)(H,23,24)(H,25,26)(H,27,28);12,15-17,23H,14H2,(H,18,19)(H,20,21);4,7,11-15,20H,(H,16,17)(H,18,19). The number of ether oxygens (including phenoxy) is 5. The molecule has 22 atom stereocenters. The van der Waals surface area contributed by atoms with E-state index in [0.29, 0.717) is 0 Å². The van der Waals surface area contributed by atoms with Gasteiger partial charge in [-0.1, -0.05) is 0 Å². The number of nitrogens with two attached hydrogens (primary N) is 2. The molecule has 0 saturated heterocycles. The lowest BCUT2D eigenvalue weighted by atomic mass is 9.66. The maximum absolute atomic E-state index is 14.6. The molecular formula is C75H72N2O67S2. The molecule has 46 N–H and O–H groups in total. The van der Waals surface area contributed by atoms with Crippen molar-refractivity contribution in [2.45, 2.75) is 114 Å². The highest BCUT2D eigenvalue weighted by Crippen LogP contribution is 2.55. The predicted octanol–water partition coefficient (Wildman–Crippen LogP) is -12.0. The molecule has 0 spiro atoms. The Hall–Kier alpha value is -17.5. The van der Waals surface area contributed by atoms with Crippen LogP contribution in [0.4, 0.5) is 11.4 Å². The highest BCUT2D eigenvalue weighted by molar-refractivity contribution is 7.80. The van der Waals surface area contributed by atoms with Crippen molar-refractivity contribution in [1.29, 1.82) is 0 Å². The second-order valence-electron chi connectivity index (χ2n) is 29.5. The van der Waals surface area contributed by atoms with Gasteiger partial charge in [-0.05, 0) is 0 Å². The Bertz CT molecular complexity index is 6240. The van der Waals surface area contributed by atoms with Crippen molar-refractivity contribution in [3.05, 3.63) is 83.9 Å². The number of hydrogen-bond donors (Lipinski definition) is 46. The Balaban J connectivity index is 0.000000409. The Morgan fingerprint density at radius 2 is 0.678 bits per heavy atom. The SMILES string of the molecule is Nc1c(O)c(C(=O)OC(=O)C(=O)O)c2c(c1CC(=O)C(C(O)C(O)C(O)C(=O)O)C1C(O)C(C(=O)OC(C(=O)O)C(O)c3c(O)c(O)c(C(=O)O)c(S)c3O)=C(O)C(C(=O)O)C1O)OC(O)C(C(=O)O)=C2O.Nc1c(O)c2c(c(C(=O)OC(=O)C(=O)O)c1O)C(O)=C(C(=O)O)C(O)O2.O=C(O)C1=C(O)C(C(=O)O)C(O)C(C(C(=O)O)C(O)C(O)C(O)C(=O)O)C1O.O=C(O)c1c(O)c(O)c(C(O)C(O)C(=O)O)c(O)c1S. The fourth-order valence-corrected chi connectivity index (χ4v) is 14.8. The fourth-order valence-electron chi connectivity index (χ4n) is 14.2. The molecule has 8 rings (SSSR count). The third-order valence-corrected chi connectivity index (χ3v) is 21.9. The van der Waals surface area contributed by atoms with E-state index in [9.17, 15) is 264 Å². The van der Waals surface area contributed by atoms with E-state index in [0.717, 1.165) is 0 Å². The van der Waals surface area contributed by atoms with Crippen LogP contribution in [0.1, 0.15) is 81.5 Å². The number of benzene rings is 4. The normalized spacial score (nSPS) is 20.7. The number of carbonyl (C=O) groups is 20. The first-order chi connectivity index (χ1) is 67.0. The number of phenolic OH excluding ortho intramolecular Hbond substituents is 7. The molecule has 146 heavy (non-hydrogen) atoms. The molecule has 2 heterocycles. The van der Waals surface area contributed by atoms with Crippen LogP contribution < -0.4 is 20.9 Å². The van der Waals surface area contributed by atoms with Crippen molar-refractivity contribution in [2.75, 3.05) is 11.5 Å². The predicted molar refractivity (Wildman–Crippen MR) is 438 cm³/mol. The summed E-state index contributed by atoms with van der Waals surface area (Å²) in [4.78, 5) is 233. The zero-order valence-corrected chi connectivity index (χ0v) is 72.2. The van der Waals surface area contributed by atoms with Gasteiger partial charge in [-0.25, -0.2) is 76.7 Å². The minimum Gasteiger partial charge on any atom is -0.511 e. The largest absolute Gasteiger partial charge is 0.511 e. The number of ketones is 1. The highest BCUT2D eigenvalue weighted by Gasteiger charge is 2.60. The van der Waals surface area contributed by atoms with Crippen LogP contribution in [0.2, 0.25) is 0 Å². The number of Topliss-reactive ketones (excluding diaryl/α,β-unsaturated/α-hetero) is 1. The number of phenols is 9. The Morgan fingerprint density at radius 3 is 1.02 bits per heavy atom. The molecule has 2 aliphatic carbocycles. The van der Waals surface area contributed by atoms with E-state index in [4.69, 9.17) is 66.9 Å². The van der Waals surface area contributed by atoms with Crippen molar-refractivity contribution in [3.63, 3.8) is 0 Å². The van der Waals surface area contributed by atoms with E-state index in [1.807, 2.05) is 0 Å². The zero-order chi connectivity index (χ0) is 113. The van der Waals surface area contributed by atoms with Gasteiger partial charge in [0.25, 0.3) is 0 Å². The van der Waals surface area contributed by atoms with Crippen LogP contribution in [0.25, 0.3) is 11.5 Å². The summed E-state index contributed by atoms with van der Waals surface area (Å²) >= 11 is 7.24. The highest BCUT2D eigenvalue weighted by atomic mass is 32.1. The van der Waals surface area contributed by atoms with E-state index in [-0.39, 0.29) is 0 Å². The van der Waals surface area contributed by atoms with Crippen molar-refractivity contribution in [2.24, 2.45) is 35.5 Å². The molecule has 2 aliphatic heterocycles. The molecule has 0 amide bonds. The molecule has 4 aliphatic rings. The van der Waals surface area contributed by atoms with Gasteiger partial charge in [0, 0.05) is 23.8 Å². The lowest BCUT2D eigenvalue weighted by molar-refractivity contribution is -0.180. The van der Waals surface area contributed by atoms with Gasteiger partial charge in [-0.3, -0.25) is 19.2 Å². The molecule has 22 unspecified atom stereocenters. The van der Waals surface area contributed by atoms with Gasteiger partial charge in [0.2, 0.25) is 18.7 Å². The molecular weight excluding hydrogens is 2060 g/mol. The first-order valence-electron chi connectivity index (χ1n) is 37.8. The number of carbonyl (C=O) groups excluding carboxylic acids is 6. The van der Waals surface area contributed by atoms with E-state index in [1.54, 1.807) is 0 Å². The number of carboxylic acids is 14. The number of rotatable bonds is 31. The van der Waals surface area contributed by atoms with Gasteiger partial charge in [0.1, 0.15) is 133 Å². The summed E-state index contributed by atoms with van der Waals surface area (Å²) in [6.07, 6.45) is -47.4. The van der Waals surface area contributed by atoms with Crippen LogP contribution >= 0.6 is 25.3 Å². The summed E-state index contributed by atoms with van der Waals surface area (Å²) in [7, 11) is 0. The number of carboxylic acid groups (broad SMARTS) is 14. The third-order valence-electron chi connectivity index (χ3n) is 21.1. The van der Waals surface area contributed by atoms with Gasteiger partial charge in [-0.15, -0.1) is 25.3 Å². The average Bonchev–Trinajstić information content (AvgIpc) is 0.741. The number of aromatic carboxylic acids is 2. The average molecular weight is 2140 g/mol. The number of aromatic hydroxyl groups is 9. The number of aliphatic carboxylic acids is 12. The summed E-state index contributed by atoms with van der Waals surface area (Å²) in [5.41, 5.74) is -8.39. The Morgan fingerprint density at radius 1 is 0.342 bits per heavy atom. The number of esters is 5. The van der Waals surface area contributed by atoms with Crippen LogP contribution in [0, 0.1) is 35.5 Å². The number of aliphatic hydroxyl groups is 19. The number of fused-ring (bicyclic) bond motifs is 2. The van der Waals surface area contributed by atoms with Crippen LogP contribution in [-0.4, -0.2) is 420 Å². The molecule has 4 aromatic rings. The number of aliphatic hydroxyl groups excluding tert-OH is 19. The van der Waals surface area contributed by atoms with Gasteiger partial charge in [0.05, 0.1) is 86.2 Å². The lowest BCUT2D eigenvalue weighted by Gasteiger charge is -2.42. The summed E-state index contributed by atoms with van der Waals surface area (Å²) in [6, 6.07) is 0. The number of anilines is 2. The maximum atomic E-state index is 14.6. The second kappa shape index (κ2) is 46.1. The molecule has 69 nitrogen and oxygen atoms in total. The van der Waals surface area contributed by atoms with Gasteiger partial charge in [-0.2, -0.15) is 0 Å². The van der Waals surface area contributed by atoms with Crippen molar-refractivity contribution in [3.8, 4) is 63.2 Å². The molecule has 0 bridgehead atoms. The van der Waals surface area contributed by atoms with E-state index >= 15 is 0 Å². The molecule has 0 saturated carbocycles. The molecule has 0 aromatic heterocycles. The molecule has 0 radical (unpaired) electrons. The van der Waals surface area contributed by atoms with E-state index in [1.165, 1.54) is 0 Å². The van der Waals surface area contributed by atoms with Crippen LogP contribution in [0.3, 0.4) is 0 Å². The van der Waals surface area contributed by atoms with Gasteiger partial charge in [0.15, 0.2) is 64.3 Å². The summed E-state index contributed by atoms with van der Waals surface area (Å²) < 4.78 is 22.4. The lowest BCUT2D eigenvalue weighted by Crippen LogP contribution is -2.58. The Kier molecular flexibility index (Phi) is 37.6. The number of hydrogen-bond acceptors (Lipinski definition) is 57. The number of thiol groups is 2. The fraction of sp³-hybridized carbons (Fsp3) is 0.307. The smallest absolute Gasteiger partial charge is 0.425 e. The van der Waals surface area contributed by atoms with E-state index in [2.05, 4.69) is 39.5 Å². The first-order valence-corrected chi connectivity index (χ1v) is 38.7. The minimum absolute atomic E-state index is 0.709. The van der Waals surface area contributed by atoms with Crippen molar-refractivity contribution in [1.82, 2.24) is 0 Å². The van der Waals surface area contributed by atoms with Crippen molar-refractivity contribution < 1.29 is 334 Å². The molecule has 4 aromatic carbocycles. The minimum atomic E-state index is -3.30. The maximum Gasteiger partial charge on any atom is 0.425 e. The monoisotopic (exact) mass is 2140 g/mol. The van der Waals surface area contributed by atoms with Crippen LogP contribution in [0.15, 0.2) is 43.6 Å². The summed E-state index contributed by atoms with van der Waals surface area (Å²) in [5, 5.41) is 415.